The summed E-state index contributed by atoms with van der Waals surface area (Å²) in [5.74, 6) is -1.31. The van der Waals surface area contributed by atoms with E-state index in [1.165, 1.54) is 10.0 Å². The average molecular weight is 374 g/mol. The number of hydrogen-bond acceptors (Lipinski definition) is 4. The number of hydrogen-bond donors (Lipinski definition) is 1. The van der Waals surface area contributed by atoms with Crippen LogP contribution < -0.4 is 10.0 Å². The summed E-state index contributed by atoms with van der Waals surface area (Å²) < 4.78 is 0. The van der Waals surface area contributed by atoms with E-state index in [1.54, 1.807) is 72.8 Å². The fourth-order valence-corrected chi connectivity index (χ4v) is 3.36. The van der Waals surface area contributed by atoms with Crippen molar-refractivity contribution in [3.63, 3.8) is 0 Å². The molecule has 0 radical (unpaired) electrons. The summed E-state index contributed by atoms with van der Waals surface area (Å²) in [6.07, 6.45) is -0.0886. The summed E-state index contributed by atoms with van der Waals surface area (Å²) in [5.41, 5.74) is -0.373. The van der Waals surface area contributed by atoms with Gasteiger partial charge in [0.1, 0.15) is 0 Å². The van der Waals surface area contributed by atoms with Crippen LogP contribution in [0.15, 0.2) is 91.0 Å². The highest BCUT2D eigenvalue weighted by Crippen LogP contribution is 2.37. The van der Waals surface area contributed by atoms with E-state index in [4.69, 9.17) is 0 Å². The van der Waals surface area contributed by atoms with Crippen LogP contribution in [0, 0.1) is 0 Å². The molecule has 1 aliphatic rings. The van der Waals surface area contributed by atoms with E-state index in [9.17, 15) is 14.8 Å². The Hall–Kier alpha value is -3.48. The van der Waals surface area contributed by atoms with Crippen molar-refractivity contribution in [1.82, 2.24) is 0 Å². The highest BCUT2D eigenvalue weighted by Gasteiger charge is 2.61. The molecule has 0 unspecified atom stereocenters. The maximum Gasteiger partial charge on any atom is 0.292 e. The molecule has 1 heterocycles. The number of benzene rings is 3. The van der Waals surface area contributed by atoms with Crippen LogP contribution >= 0.6 is 0 Å². The van der Waals surface area contributed by atoms with Gasteiger partial charge in [-0.3, -0.25) is 14.8 Å². The van der Waals surface area contributed by atoms with Gasteiger partial charge in [0.05, 0.1) is 11.4 Å². The van der Waals surface area contributed by atoms with Gasteiger partial charge >= 0.3 is 0 Å². The van der Waals surface area contributed by atoms with E-state index in [2.05, 4.69) is 4.89 Å². The zero-order valence-corrected chi connectivity index (χ0v) is 14.9. The number of amides is 2. The maximum absolute atomic E-state index is 13.4. The molecule has 28 heavy (non-hydrogen) atoms. The first-order valence-corrected chi connectivity index (χ1v) is 8.83. The zero-order valence-electron chi connectivity index (χ0n) is 14.9. The third-order valence-electron chi connectivity index (χ3n) is 4.73. The van der Waals surface area contributed by atoms with E-state index >= 15 is 0 Å². The summed E-state index contributed by atoms with van der Waals surface area (Å²) in [7, 11) is 0. The molecule has 0 saturated carbocycles. The largest absolute Gasteiger partial charge is 0.292 e. The minimum absolute atomic E-state index is 0.0886. The zero-order chi connectivity index (χ0) is 19.6. The van der Waals surface area contributed by atoms with Gasteiger partial charge in [-0.05, 0) is 29.8 Å². The quantitative estimate of drug-likeness (QED) is 0.422. The van der Waals surface area contributed by atoms with Crippen LogP contribution in [0.2, 0.25) is 0 Å². The van der Waals surface area contributed by atoms with Crippen LogP contribution in [0.1, 0.15) is 5.56 Å². The molecule has 1 aliphatic heterocycles. The molecule has 0 atom stereocenters. The lowest BCUT2D eigenvalue weighted by Gasteiger charge is -2.27. The van der Waals surface area contributed by atoms with Crippen molar-refractivity contribution in [1.29, 1.82) is 0 Å². The molecule has 0 aliphatic carbocycles. The predicted octanol–water partition coefficient (Wildman–Crippen LogP) is 3.45. The number of para-hydroxylation sites is 2. The second-order valence-corrected chi connectivity index (χ2v) is 6.49. The minimum atomic E-state index is -2.06. The van der Waals surface area contributed by atoms with Crippen LogP contribution in [-0.4, -0.2) is 22.7 Å². The minimum Gasteiger partial charge on any atom is -0.268 e. The Balaban J connectivity index is 1.85. The molecule has 0 bridgehead atoms. The third kappa shape index (κ3) is 2.85. The van der Waals surface area contributed by atoms with Gasteiger partial charge in [-0.2, -0.15) is 0 Å². The van der Waals surface area contributed by atoms with Crippen molar-refractivity contribution >= 4 is 23.2 Å². The van der Waals surface area contributed by atoms with Crippen molar-refractivity contribution in [2.75, 3.05) is 10.0 Å². The van der Waals surface area contributed by atoms with Crippen LogP contribution in [0.5, 0.6) is 0 Å². The predicted molar refractivity (Wildman–Crippen MR) is 104 cm³/mol. The van der Waals surface area contributed by atoms with Crippen LogP contribution in [0.25, 0.3) is 0 Å². The second kappa shape index (κ2) is 7.26. The van der Waals surface area contributed by atoms with E-state index in [-0.39, 0.29) is 6.42 Å². The highest BCUT2D eigenvalue weighted by atomic mass is 17.1. The fourth-order valence-electron chi connectivity index (χ4n) is 3.36. The van der Waals surface area contributed by atoms with Crippen molar-refractivity contribution in [2.24, 2.45) is 0 Å². The summed E-state index contributed by atoms with van der Waals surface area (Å²) in [5, 5.41) is 12.2. The molecule has 3 aromatic rings. The molecule has 6 heteroatoms. The van der Waals surface area contributed by atoms with E-state index in [0.717, 1.165) is 0 Å². The lowest BCUT2D eigenvalue weighted by atomic mass is 9.93. The van der Waals surface area contributed by atoms with Gasteiger partial charge in [-0.1, -0.05) is 66.7 Å². The summed E-state index contributed by atoms with van der Waals surface area (Å²) in [6, 6.07) is 26.6. The molecule has 1 N–H and O–H groups in total. The summed E-state index contributed by atoms with van der Waals surface area (Å²) in [6.45, 7) is 0. The molecule has 3 aromatic carbocycles. The Kier molecular flexibility index (Phi) is 4.65. The molecule has 2 amide bonds. The highest BCUT2D eigenvalue weighted by molar-refractivity contribution is 6.28. The Morgan fingerprint density at radius 3 is 1.46 bits per heavy atom. The first-order valence-electron chi connectivity index (χ1n) is 8.83. The molecular formula is C22H18N2O4. The summed E-state index contributed by atoms with van der Waals surface area (Å²) >= 11 is 0. The molecule has 140 valence electrons. The van der Waals surface area contributed by atoms with Crippen molar-refractivity contribution in [2.45, 2.75) is 12.0 Å². The van der Waals surface area contributed by atoms with E-state index < -0.39 is 17.4 Å². The Morgan fingerprint density at radius 1 is 0.679 bits per heavy atom. The molecule has 4 rings (SSSR count). The third-order valence-corrected chi connectivity index (χ3v) is 4.73. The molecule has 0 spiro atoms. The van der Waals surface area contributed by atoms with E-state index in [0.29, 0.717) is 16.9 Å². The molecule has 0 aromatic heterocycles. The number of nitrogens with zero attached hydrogens (tertiary/aromatic N) is 2. The molecule has 1 saturated heterocycles. The number of rotatable bonds is 5. The standard InChI is InChI=1S/C22H18N2O4/c25-20-22(28-27,16-17-10-4-1-5-11-17)21(26)24(19-14-8-3-9-15-19)23(20)18-12-6-2-7-13-18/h1-15,27H,16H2. The Bertz CT molecular complexity index is 920. The Morgan fingerprint density at radius 2 is 1.07 bits per heavy atom. The average Bonchev–Trinajstić information content (AvgIpc) is 2.97. The number of hydrazine groups is 1. The first-order chi connectivity index (χ1) is 13.7. The van der Waals surface area contributed by atoms with Crippen molar-refractivity contribution in [3.05, 3.63) is 96.6 Å². The monoisotopic (exact) mass is 374 g/mol. The van der Waals surface area contributed by atoms with E-state index in [1.807, 2.05) is 18.2 Å². The Labute approximate surface area is 162 Å². The normalized spacial score (nSPS) is 15.9. The van der Waals surface area contributed by atoms with Gasteiger partial charge in [0.25, 0.3) is 17.4 Å². The second-order valence-electron chi connectivity index (χ2n) is 6.49. The van der Waals surface area contributed by atoms with Gasteiger partial charge in [-0.15, -0.1) is 0 Å². The molecule has 6 nitrogen and oxygen atoms in total. The topological polar surface area (TPSA) is 70.1 Å². The summed E-state index contributed by atoms with van der Waals surface area (Å²) in [4.78, 5) is 31.5. The fraction of sp³-hybridized carbons (Fsp3) is 0.0909. The number of carbonyl (C=O) groups is 2. The van der Waals surface area contributed by atoms with Crippen LogP contribution in [0.3, 0.4) is 0 Å². The van der Waals surface area contributed by atoms with Gasteiger partial charge in [0.15, 0.2) is 0 Å². The smallest absolute Gasteiger partial charge is 0.268 e. The van der Waals surface area contributed by atoms with Crippen LogP contribution in [0.4, 0.5) is 11.4 Å². The van der Waals surface area contributed by atoms with Gasteiger partial charge < -0.3 is 0 Å². The first kappa shape index (κ1) is 17.9. The SMILES string of the molecule is O=C1N(c2ccccc2)N(c2ccccc2)C(=O)C1(Cc1ccccc1)OO. The van der Waals surface area contributed by atoms with Gasteiger partial charge in [-0.25, -0.2) is 14.9 Å². The molecular weight excluding hydrogens is 356 g/mol. The van der Waals surface area contributed by atoms with Crippen LogP contribution in [-0.2, 0) is 20.9 Å². The van der Waals surface area contributed by atoms with Gasteiger partial charge in [0, 0.05) is 6.42 Å². The number of anilines is 2. The lowest BCUT2D eigenvalue weighted by molar-refractivity contribution is -0.297. The lowest BCUT2D eigenvalue weighted by Crippen LogP contribution is -2.48. The maximum atomic E-state index is 13.4. The van der Waals surface area contributed by atoms with Gasteiger partial charge in [0.2, 0.25) is 0 Å². The molecule has 1 fully saturated rings. The van der Waals surface area contributed by atoms with Crippen molar-refractivity contribution < 1.29 is 19.7 Å². The number of carbonyl (C=O) groups excluding carboxylic acids is 2. The van der Waals surface area contributed by atoms with Crippen molar-refractivity contribution in [3.8, 4) is 0 Å².